The van der Waals surface area contributed by atoms with Gasteiger partial charge in [-0.15, -0.1) is 11.8 Å². The van der Waals surface area contributed by atoms with E-state index >= 15 is 0 Å². The van der Waals surface area contributed by atoms with Gasteiger partial charge in [-0.25, -0.2) is 9.18 Å². The third-order valence-corrected chi connectivity index (χ3v) is 6.39. The number of carbonyl (C=O) groups is 3. The highest BCUT2D eigenvalue weighted by Crippen LogP contribution is 2.40. The summed E-state index contributed by atoms with van der Waals surface area (Å²) in [5, 5.41) is 9.21. The molecule has 0 saturated carbocycles. The van der Waals surface area contributed by atoms with Crippen molar-refractivity contribution in [2.24, 2.45) is 5.73 Å². The van der Waals surface area contributed by atoms with Crippen LogP contribution in [0, 0.1) is 5.82 Å². The van der Waals surface area contributed by atoms with E-state index in [9.17, 15) is 23.9 Å². The number of rotatable bonds is 4. The maximum absolute atomic E-state index is 13.4. The van der Waals surface area contributed by atoms with Crippen LogP contribution in [0.15, 0.2) is 47.2 Å². The molecule has 4 rings (SSSR count). The zero-order valence-corrected chi connectivity index (χ0v) is 15.6. The second kappa shape index (κ2) is 7.06. The largest absolute Gasteiger partial charge is 0.477 e. The molecular formula is C19H18FN3O4S. The Morgan fingerprint density at radius 2 is 2.18 bits per heavy atom. The van der Waals surface area contributed by atoms with Gasteiger partial charge >= 0.3 is 5.97 Å². The molecule has 9 heteroatoms. The van der Waals surface area contributed by atoms with Crippen molar-refractivity contribution in [2.45, 2.75) is 24.4 Å². The third kappa shape index (κ3) is 3.10. The molecule has 1 aromatic carbocycles. The van der Waals surface area contributed by atoms with Crippen LogP contribution in [0.5, 0.6) is 0 Å². The molecule has 0 aliphatic carbocycles. The Balaban J connectivity index is 1.57. The third-order valence-electron chi connectivity index (χ3n) is 5.07. The Hall–Kier alpha value is -2.65. The van der Waals surface area contributed by atoms with E-state index in [0.29, 0.717) is 35.4 Å². The number of likely N-dealkylation sites (tertiary alicyclic amines) is 1. The minimum atomic E-state index is -1.21. The van der Waals surface area contributed by atoms with E-state index in [1.165, 1.54) is 28.8 Å². The number of carbonyl (C=O) groups excluding carboxylic acids is 2. The second-order valence-electron chi connectivity index (χ2n) is 6.89. The van der Waals surface area contributed by atoms with Gasteiger partial charge in [-0.05, 0) is 35.8 Å². The van der Waals surface area contributed by atoms with E-state index in [2.05, 4.69) is 0 Å². The summed E-state index contributed by atoms with van der Waals surface area (Å²) in [5.41, 5.74) is 7.26. The molecule has 0 aromatic heterocycles. The van der Waals surface area contributed by atoms with Crippen LogP contribution in [-0.4, -0.2) is 56.4 Å². The summed E-state index contributed by atoms with van der Waals surface area (Å²) in [4.78, 5) is 39.3. The molecule has 0 radical (unpaired) electrons. The summed E-state index contributed by atoms with van der Waals surface area (Å²) in [7, 11) is 0. The van der Waals surface area contributed by atoms with Crippen LogP contribution in [0.3, 0.4) is 0 Å². The number of hydrogen-bond acceptors (Lipinski definition) is 5. The number of nitrogens with two attached hydrogens (primary N) is 1. The number of carboxylic acid groups (broad SMARTS) is 1. The zero-order chi connectivity index (χ0) is 20.0. The lowest BCUT2D eigenvalue weighted by molar-refractivity contribution is -0.147. The fourth-order valence-electron chi connectivity index (χ4n) is 3.67. The molecular weight excluding hydrogens is 385 g/mol. The Kier molecular flexibility index (Phi) is 4.72. The molecule has 1 aromatic rings. The smallest absolute Gasteiger partial charge is 0.352 e. The lowest BCUT2D eigenvalue weighted by Crippen LogP contribution is -2.68. The van der Waals surface area contributed by atoms with E-state index in [4.69, 9.17) is 5.73 Å². The molecule has 3 aliphatic rings. The first-order valence-electron chi connectivity index (χ1n) is 8.78. The van der Waals surface area contributed by atoms with Gasteiger partial charge in [0.15, 0.2) is 0 Å². The molecule has 0 spiro atoms. The van der Waals surface area contributed by atoms with Gasteiger partial charge in [0.2, 0.25) is 11.8 Å². The molecule has 3 N–H and O–H groups in total. The maximum Gasteiger partial charge on any atom is 0.352 e. The number of carboxylic acids is 1. The number of allylic oxidation sites excluding steroid dienone is 1. The normalized spacial score (nSPS) is 26.0. The van der Waals surface area contributed by atoms with Gasteiger partial charge in [-0.2, -0.15) is 0 Å². The van der Waals surface area contributed by atoms with Crippen molar-refractivity contribution in [3.8, 4) is 0 Å². The Morgan fingerprint density at radius 1 is 1.39 bits per heavy atom. The van der Waals surface area contributed by atoms with Crippen LogP contribution in [-0.2, 0) is 20.9 Å². The standard InChI is InChI=1S/C19H18FN3O4S/c20-13-3-1-2-10(6-13)8-22-5-4-11(16(22)24)7-12-9-28-18-14(21)17(25)23(18)15(12)19(26)27/h1-3,6-7,14,18H,4-5,8-9,21H2,(H,26,27)/t14-,18-/m1/s1. The quantitative estimate of drug-likeness (QED) is 0.576. The summed E-state index contributed by atoms with van der Waals surface area (Å²) >= 11 is 1.39. The monoisotopic (exact) mass is 403 g/mol. The fourth-order valence-corrected chi connectivity index (χ4v) is 4.92. The summed E-state index contributed by atoms with van der Waals surface area (Å²) in [6.07, 6.45) is 2.05. The molecule has 28 heavy (non-hydrogen) atoms. The lowest BCUT2D eigenvalue weighted by Gasteiger charge is -2.47. The Labute approximate surface area is 164 Å². The summed E-state index contributed by atoms with van der Waals surface area (Å²) in [6, 6.07) is 5.38. The van der Waals surface area contributed by atoms with E-state index in [1.54, 1.807) is 23.1 Å². The van der Waals surface area contributed by atoms with Gasteiger partial charge in [0, 0.05) is 24.4 Å². The lowest BCUT2D eigenvalue weighted by atomic mass is 10.0. The van der Waals surface area contributed by atoms with Gasteiger partial charge < -0.3 is 15.7 Å². The SMILES string of the molecule is N[C@@H]1C(=O)N2C(C(=O)O)=C(C=C3CCN(Cc4cccc(F)c4)C3=O)CS[C@H]12. The van der Waals surface area contributed by atoms with E-state index in [1.807, 2.05) is 0 Å². The Bertz CT molecular complexity index is 945. The van der Waals surface area contributed by atoms with Crippen LogP contribution in [0.1, 0.15) is 12.0 Å². The molecule has 146 valence electrons. The zero-order valence-electron chi connectivity index (χ0n) is 14.8. The highest BCUT2D eigenvalue weighted by atomic mass is 32.2. The minimum absolute atomic E-state index is 0.0978. The van der Waals surface area contributed by atoms with Gasteiger partial charge in [0.05, 0.1) is 0 Å². The Morgan fingerprint density at radius 3 is 2.89 bits per heavy atom. The number of halogens is 1. The van der Waals surface area contributed by atoms with Crippen LogP contribution in [0.2, 0.25) is 0 Å². The highest BCUT2D eigenvalue weighted by molar-refractivity contribution is 8.00. The second-order valence-corrected chi connectivity index (χ2v) is 8.00. The first-order valence-corrected chi connectivity index (χ1v) is 9.82. The number of hydrogen-bond donors (Lipinski definition) is 2. The molecule has 2 amide bonds. The highest BCUT2D eigenvalue weighted by Gasteiger charge is 2.51. The molecule has 0 bridgehead atoms. The van der Waals surface area contributed by atoms with Crippen LogP contribution in [0.4, 0.5) is 4.39 Å². The van der Waals surface area contributed by atoms with E-state index in [0.717, 1.165) is 0 Å². The van der Waals surface area contributed by atoms with E-state index < -0.39 is 17.9 Å². The molecule has 3 aliphatic heterocycles. The van der Waals surface area contributed by atoms with Crippen molar-refractivity contribution in [3.63, 3.8) is 0 Å². The molecule has 7 nitrogen and oxygen atoms in total. The number of fused-ring (bicyclic) bond motifs is 1. The number of aliphatic carboxylic acids is 1. The number of amides is 2. The van der Waals surface area contributed by atoms with Crippen LogP contribution in [0.25, 0.3) is 0 Å². The molecule has 2 saturated heterocycles. The average molecular weight is 403 g/mol. The van der Waals surface area contributed by atoms with E-state index in [-0.39, 0.29) is 29.3 Å². The molecule has 3 heterocycles. The van der Waals surface area contributed by atoms with Crippen molar-refractivity contribution in [1.82, 2.24) is 9.80 Å². The fraction of sp³-hybridized carbons (Fsp3) is 0.316. The number of nitrogens with zero attached hydrogens (tertiary/aromatic N) is 2. The minimum Gasteiger partial charge on any atom is -0.477 e. The predicted octanol–water partition coefficient (Wildman–Crippen LogP) is 1.07. The first kappa shape index (κ1) is 18.7. The summed E-state index contributed by atoms with van der Waals surface area (Å²) in [6.45, 7) is 0.759. The van der Waals surface area contributed by atoms with Crippen LogP contribution < -0.4 is 5.73 Å². The van der Waals surface area contributed by atoms with Crippen molar-refractivity contribution >= 4 is 29.5 Å². The first-order chi connectivity index (χ1) is 13.4. The molecule has 2 atom stereocenters. The van der Waals surface area contributed by atoms with Crippen LogP contribution >= 0.6 is 11.8 Å². The summed E-state index contributed by atoms with van der Waals surface area (Å²) in [5.74, 6) is -1.83. The van der Waals surface area contributed by atoms with Crippen molar-refractivity contribution in [2.75, 3.05) is 12.3 Å². The average Bonchev–Trinajstić information content (AvgIpc) is 3.00. The van der Waals surface area contributed by atoms with Gasteiger partial charge in [-0.1, -0.05) is 12.1 Å². The maximum atomic E-state index is 13.4. The number of β-lactam (4-membered cyclic amide) rings is 1. The van der Waals surface area contributed by atoms with Gasteiger partial charge in [0.25, 0.3) is 0 Å². The number of benzene rings is 1. The molecule has 2 fully saturated rings. The van der Waals surface area contributed by atoms with Crippen molar-refractivity contribution in [3.05, 3.63) is 58.6 Å². The van der Waals surface area contributed by atoms with Crippen molar-refractivity contribution < 1.29 is 23.9 Å². The predicted molar refractivity (Wildman–Crippen MR) is 100 cm³/mol. The van der Waals surface area contributed by atoms with Gasteiger partial charge in [-0.3, -0.25) is 14.5 Å². The summed E-state index contributed by atoms with van der Waals surface area (Å²) < 4.78 is 13.4. The topological polar surface area (TPSA) is 104 Å². The van der Waals surface area contributed by atoms with Gasteiger partial charge in [0.1, 0.15) is 22.9 Å². The van der Waals surface area contributed by atoms with Crippen molar-refractivity contribution in [1.29, 1.82) is 0 Å². The molecule has 0 unspecified atom stereocenters. The number of thioether (sulfide) groups is 1.